The molecule has 24 heavy (non-hydrogen) atoms. The molecule has 5 nitrogen and oxygen atoms in total. The molecule has 0 bridgehead atoms. The van der Waals surface area contributed by atoms with Gasteiger partial charge in [0.25, 0.3) is 5.91 Å². The van der Waals surface area contributed by atoms with Crippen LogP contribution in [-0.2, 0) is 4.79 Å². The van der Waals surface area contributed by atoms with Gasteiger partial charge in [-0.1, -0.05) is 30.5 Å². The van der Waals surface area contributed by atoms with Crippen molar-refractivity contribution in [1.29, 1.82) is 0 Å². The largest absolute Gasteiger partial charge is 0.490 e. The van der Waals surface area contributed by atoms with Gasteiger partial charge >= 0.3 is 0 Å². The van der Waals surface area contributed by atoms with E-state index in [-0.39, 0.29) is 11.2 Å². The Balaban J connectivity index is 1.82. The van der Waals surface area contributed by atoms with Crippen LogP contribution in [-0.4, -0.2) is 29.0 Å². The summed E-state index contributed by atoms with van der Waals surface area (Å²) in [5.74, 6) is 0.587. The molecule has 1 atom stereocenters. The second-order valence-corrected chi connectivity index (χ2v) is 6.19. The minimum atomic E-state index is -0.285. The van der Waals surface area contributed by atoms with Gasteiger partial charge in [0.1, 0.15) is 12.4 Å². The van der Waals surface area contributed by atoms with Crippen LogP contribution in [0.25, 0.3) is 0 Å². The molecule has 1 amide bonds. The van der Waals surface area contributed by atoms with Crippen LogP contribution in [0.5, 0.6) is 5.75 Å². The number of nitrogens with one attached hydrogen (secondary N) is 1. The Bertz CT molecular complexity index is 687. The third-order valence-corrected chi connectivity index (χ3v) is 3.99. The van der Waals surface area contributed by atoms with Gasteiger partial charge in [-0.15, -0.1) is 0 Å². The lowest BCUT2D eigenvalue weighted by atomic mass is 10.2. The van der Waals surface area contributed by atoms with E-state index < -0.39 is 0 Å². The van der Waals surface area contributed by atoms with Gasteiger partial charge < -0.3 is 4.74 Å². The minimum Gasteiger partial charge on any atom is -0.490 e. The molecule has 0 unspecified atom stereocenters. The molecule has 0 aliphatic heterocycles. The lowest BCUT2D eigenvalue weighted by molar-refractivity contribution is -0.120. The first kappa shape index (κ1) is 17.7. The van der Waals surface area contributed by atoms with E-state index in [4.69, 9.17) is 4.74 Å². The lowest BCUT2D eigenvalue weighted by Gasteiger charge is -2.08. The quantitative estimate of drug-likeness (QED) is 0.346. The highest BCUT2D eigenvalue weighted by atomic mass is 32.2. The van der Waals surface area contributed by atoms with Crippen molar-refractivity contribution in [2.75, 3.05) is 6.61 Å². The van der Waals surface area contributed by atoms with Crippen molar-refractivity contribution in [3.63, 3.8) is 0 Å². The zero-order chi connectivity index (χ0) is 17.2. The Labute approximate surface area is 145 Å². The third kappa shape index (κ3) is 5.89. The Hall–Kier alpha value is -2.60. The first-order valence-electron chi connectivity index (χ1n) is 7.43. The fourth-order valence-electron chi connectivity index (χ4n) is 1.72. The monoisotopic (exact) mass is 341 g/mol. The molecule has 1 aromatic carbocycles. The van der Waals surface area contributed by atoms with Crippen LogP contribution >= 0.6 is 11.8 Å². The van der Waals surface area contributed by atoms with Crippen molar-refractivity contribution in [2.24, 2.45) is 5.10 Å². The summed E-state index contributed by atoms with van der Waals surface area (Å²) in [7, 11) is 0. The average molecular weight is 341 g/mol. The van der Waals surface area contributed by atoms with E-state index in [2.05, 4.69) is 22.1 Å². The number of carbonyl (C=O) groups excluding carboxylic acids is 1. The molecule has 1 heterocycles. The third-order valence-electron chi connectivity index (χ3n) is 2.94. The van der Waals surface area contributed by atoms with Crippen molar-refractivity contribution < 1.29 is 9.53 Å². The molecule has 0 spiro atoms. The van der Waals surface area contributed by atoms with Gasteiger partial charge in [0.15, 0.2) is 0 Å². The summed E-state index contributed by atoms with van der Waals surface area (Å²) in [6.45, 7) is 5.88. The van der Waals surface area contributed by atoms with Crippen molar-refractivity contribution in [2.45, 2.75) is 17.2 Å². The number of nitrogens with zero attached hydrogens (tertiary/aromatic N) is 2. The van der Waals surface area contributed by atoms with Crippen molar-refractivity contribution >= 4 is 23.9 Å². The Morgan fingerprint density at radius 2 is 2.17 bits per heavy atom. The number of hydrazone groups is 1. The smallest absolute Gasteiger partial charge is 0.253 e. The fourth-order valence-corrected chi connectivity index (χ4v) is 2.52. The predicted octanol–water partition coefficient (Wildman–Crippen LogP) is 3.28. The summed E-state index contributed by atoms with van der Waals surface area (Å²) in [4.78, 5) is 16.2. The number of benzene rings is 1. The first-order valence-corrected chi connectivity index (χ1v) is 8.31. The normalized spacial score (nSPS) is 11.9. The van der Waals surface area contributed by atoms with Crippen molar-refractivity contribution in [3.05, 3.63) is 66.9 Å². The number of pyridine rings is 1. The molecule has 2 rings (SSSR count). The second-order valence-electron chi connectivity index (χ2n) is 4.83. The summed E-state index contributed by atoms with van der Waals surface area (Å²) in [5.41, 5.74) is 3.40. The number of aromatic nitrogens is 1. The summed E-state index contributed by atoms with van der Waals surface area (Å²) in [6, 6.07) is 13.0. The van der Waals surface area contributed by atoms with Gasteiger partial charge in [-0.3, -0.25) is 4.79 Å². The highest BCUT2D eigenvalue weighted by Gasteiger charge is 2.13. The number of hydrogen-bond donors (Lipinski definition) is 1. The lowest BCUT2D eigenvalue weighted by Crippen LogP contribution is -2.26. The summed E-state index contributed by atoms with van der Waals surface area (Å²) < 4.78 is 5.40. The standard InChI is InChI=1S/C18H19N3O2S/c1-3-12-23-16-9-7-15(8-10-16)13-20-21-18(22)14(2)24-17-6-4-5-11-19-17/h3-11,13-14H,1,12H2,2H3,(H,21,22)/b20-13-/t14-/m1/s1. The van der Waals surface area contributed by atoms with Crippen LogP contribution in [0.2, 0.25) is 0 Å². The number of ether oxygens (including phenoxy) is 1. The number of carbonyl (C=O) groups is 1. The van der Waals surface area contributed by atoms with E-state index in [1.807, 2.05) is 49.4 Å². The van der Waals surface area contributed by atoms with Gasteiger partial charge in [-0.05, 0) is 48.9 Å². The molecule has 6 heteroatoms. The predicted molar refractivity (Wildman–Crippen MR) is 97.4 cm³/mol. The Morgan fingerprint density at radius 1 is 1.38 bits per heavy atom. The minimum absolute atomic E-state index is 0.173. The molecule has 0 saturated heterocycles. The number of rotatable bonds is 8. The maximum atomic E-state index is 12.0. The molecule has 0 fully saturated rings. The molecule has 1 N–H and O–H groups in total. The molecule has 2 aromatic rings. The van der Waals surface area contributed by atoms with E-state index in [1.165, 1.54) is 11.8 Å². The van der Waals surface area contributed by atoms with Crippen LogP contribution in [0, 0.1) is 0 Å². The van der Waals surface area contributed by atoms with Crippen molar-refractivity contribution in [3.8, 4) is 5.75 Å². The van der Waals surface area contributed by atoms with E-state index in [9.17, 15) is 4.79 Å². The summed E-state index contributed by atoms with van der Waals surface area (Å²) in [6.07, 6.45) is 4.98. The Kier molecular flexibility index (Phi) is 7.04. The van der Waals surface area contributed by atoms with E-state index in [1.54, 1.807) is 18.5 Å². The molecule has 0 saturated carbocycles. The fraction of sp³-hybridized carbons (Fsp3) is 0.167. The van der Waals surface area contributed by atoms with Crippen LogP contribution in [0.1, 0.15) is 12.5 Å². The molecular formula is C18H19N3O2S. The summed E-state index contributed by atoms with van der Waals surface area (Å²) in [5, 5.41) is 4.50. The SMILES string of the molecule is C=CCOc1ccc(/C=N\NC(=O)[C@@H](C)Sc2ccccn2)cc1. The van der Waals surface area contributed by atoms with Gasteiger partial charge in [0.2, 0.25) is 0 Å². The Morgan fingerprint density at radius 3 is 2.83 bits per heavy atom. The summed E-state index contributed by atoms with van der Waals surface area (Å²) >= 11 is 1.39. The van der Waals surface area contributed by atoms with Gasteiger partial charge in [0.05, 0.1) is 16.5 Å². The molecule has 124 valence electrons. The molecule has 0 radical (unpaired) electrons. The number of thioether (sulfide) groups is 1. The van der Waals surface area contributed by atoms with Crippen LogP contribution in [0.4, 0.5) is 0 Å². The molecule has 0 aliphatic carbocycles. The van der Waals surface area contributed by atoms with E-state index in [0.29, 0.717) is 6.61 Å². The van der Waals surface area contributed by atoms with E-state index in [0.717, 1.165) is 16.3 Å². The zero-order valence-corrected chi connectivity index (χ0v) is 14.2. The molecule has 0 aliphatic rings. The van der Waals surface area contributed by atoms with Crippen LogP contribution in [0.15, 0.2) is 71.4 Å². The molecular weight excluding hydrogens is 322 g/mol. The topological polar surface area (TPSA) is 63.6 Å². The number of amides is 1. The molecule has 1 aromatic heterocycles. The van der Waals surface area contributed by atoms with Crippen molar-refractivity contribution in [1.82, 2.24) is 10.4 Å². The second kappa shape index (κ2) is 9.52. The van der Waals surface area contributed by atoms with Crippen LogP contribution in [0.3, 0.4) is 0 Å². The van der Waals surface area contributed by atoms with Gasteiger partial charge in [0, 0.05) is 6.20 Å². The van der Waals surface area contributed by atoms with Gasteiger partial charge in [-0.2, -0.15) is 5.10 Å². The highest BCUT2D eigenvalue weighted by molar-refractivity contribution is 8.00. The zero-order valence-electron chi connectivity index (χ0n) is 13.4. The van der Waals surface area contributed by atoms with Gasteiger partial charge in [-0.25, -0.2) is 10.4 Å². The highest BCUT2D eigenvalue weighted by Crippen LogP contribution is 2.20. The van der Waals surface area contributed by atoms with Crippen LogP contribution < -0.4 is 10.2 Å². The number of hydrogen-bond acceptors (Lipinski definition) is 5. The average Bonchev–Trinajstić information content (AvgIpc) is 2.61. The van der Waals surface area contributed by atoms with E-state index >= 15 is 0 Å². The first-order chi connectivity index (χ1) is 11.7. The maximum absolute atomic E-state index is 12.0. The maximum Gasteiger partial charge on any atom is 0.253 e.